The van der Waals surface area contributed by atoms with Gasteiger partial charge in [-0.25, -0.2) is 9.78 Å². The van der Waals surface area contributed by atoms with Crippen LogP contribution in [0.3, 0.4) is 0 Å². The van der Waals surface area contributed by atoms with Gasteiger partial charge in [0.1, 0.15) is 12.8 Å². The minimum absolute atomic E-state index is 0.00185. The van der Waals surface area contributed by atoms with Crippen LogP contribution in [0.2, 0.25) is 0 Å². The van der Waals surface area contributed by atoms with Crippen molar-refractivity contribution < 1.29 is 23.8 Å². The molecule has 0 aromatic carbocycles. The highest BCUT2D eigenvalue weighted by molar-refractivity contribution is 5.96. The second-order valence-electron chi connectivity index (χ2n) is 4.73. The first kappa shape index (κ1) is 17.6. The zero-order valence-corrected chi connectivity index (χ0v) is 13.1. The van der Waals surface area contributed by atoms with Gasteiger partial charge in [0.15, 0.2) is 6.79 Å². The Morgan fingerprint density at radius 1 is 1.25 bits per heavy atom. The summed E-state index contributed by atoms with van der Waals surface area (Å²) in [6, 6.07) is 2.21. The Balaban J connectivity index is 1.99. The van der Waals surface area contributed by atoms with Crippen LogP contribution in [0.1, 0.15) is 16.1 Å². The lowest BCUT2D eigenvalue weighted by Crippen LogP contribution is -2.43. The average molecular weight is 334 g/mol. The van der Waals surface area contributed by atoms with Crippen molar-refractivity contribution in [3.63, 3.8) is 0 Å². The first-order valence-electron chi connectivity index (χ1n) is 7.12. The highest BCUT2D eigenvalue weighted by Gasteiger charge is 2.24. The van der Waals surface area contributed by atoms with Gasteiger partial charge >= 0.3 is 5.97 Å². The van der Waals surface area contributed by atoms with E-state index in [2.05, 4.69) is 25.0 Å². The van der Waals surface area contributed by atoms with Crippen LogP contribution in [0.15, 0.2) is 37.1 Å². The molecule has 24 heavy (non-hydrogen) atoms. The molecule has 0 saturated carbocycles. The topological polar surface area (TPSA) is 115 Å². The summed E-state index contributed by atoms with van der Waals surface area (Å²) < 4.78 is 14.6. The van der Waals surface area contributed by atoms with E-state index in [1.54, 1.807) is 18.3 Å². The number of H-pyrrole nitrogens is 1. The predicted molar refractivity (Wildman–Crippen MR) is 81.7 cm³/mol. The minimum Gasteiger partial charge on any atom is -0.437 e. The van der Waals surface area contributed by atoms with E-state index in [9.17, 15) is 9.59 Å². The maximum atomic E-state index is 12.2. The highest BCUT2D eigenvalue weighted by atomic mass is 16.7. The number of hydrogen-bond acceptors (Lipinski definition) is 7. The lowest BCUT2D eigenvalue weighted by Gasteiger charge is -2.17. The Hall–Kier alpha value is -2.78. The van der Waals surface area contributed by atoms with Crippen molar-refractivity contribution in [2.75, 3.05) is 20.7 Å². The second-order valence-corrected chi connectivity index (χ2v) is 4.73. The molecule has 1 atom stereocenters. The quantitative estimate of drug-likeness (QED) is 0.384. The van der Waals surface area contributed by atoms with Gasteiger partial charge in [0, 0.05) is 43.4 Å². The number of imidazole rings is 1. The molecular formula is C15H18N4O5. The summed E-state index contributed by atoms with van der Waals surface area (Å²) >= 11 is 0. The van der Waals surface area contributed by atoms with Crippen LogP contribution in [0.5, 0.6) is 0 Å². The summed E-state index contributed by atoms with van der Waals surface area (Å²) in [5, 5.41) is 2.64. The van der Waals surface area contributed by atoms with Gasteiger partial charge in [0.05, 0.1) is 6.33 Å². The number of nitrogens with zero attached hydrogens (tertiary/aromatic N) is 2. The SMILES string of the molecule is COCOCOC(=O)[C@@H](Cc1cnc[nH]1)NC(=O)c1ccncc1. The van der Waals surface area contributed by atoms with E-state index >= 15 is 0 Å². The third-order valence-electron chi connectivity index (χ3n) is 3.00. The molecule has 9 nitrogen and oxygen atoms in total. The second kappa shape index (κ2) is 9.38. The van der Waals surface area contributed by atoms with E-state index in [0.29, 0.717) is 11.3 Å². The number of amides is 1. The van der Waals surface area contributed by atoms with Gasteiger partial charge < -0.3 is 24.5 Å². The fraction of sp³-hybridized carbons (Fsp3) is 0.333. The summed E-state index contributed by atoms with van der Waals surface area (Å²) in [4.78, 5) is 35.1. The van der Waals surface area contributed by atoms with E-state index in [-0.39, 0.29) is 20.0 Å². The van der Waals surface area contributed by atoms with Gasteiger partial charge in [-0.2, -0.15) is 0 Å². The fourth-order valence-electron chi connectivity index (χ4n) is 1.87. The third-order valence-corrected chi connectivity index (χ3v) is 3.00. The van der Waals surface area contributed by atoms with Gasteiger partial charge in [-0.3, -0.25) is 9.78 Å². The Morgan fingerprint density at radius 2 is 2.04 bits per heavy atom. The lowest BCUT2D eigenvalue weighted by atomic mass is 10.1. The molecule has 2 aromatic rings. The van der Waals surface area contributed by atoms with Gasteiger partial charge in [0.25, 0.3) is 5.91 Å². The van der Waals surface area contributed by atoms with Gasteiger partial charge in [-0.05, 0) is 12.1 Å². The molecule has 0 bridgehead atoms. The molecule has 0 aliphatic heterocycles. The summed E-state index contributed by atoms with van der Waals surface area (Å²) in [6.45, 7) is -0.265. The molecular weight excluding hydrogens is 316 g/mol. The molecule has 0 aliphatic rings. The first-order valence-corrected chi connectivity index (χ1v) is 7.12. The molecule has 2 N–H and O–H groups in total. The van der Waals surface area contributed by atoms with Crippen molar-refractivity contribution in [3.05, 3.63) is 48.3 Å². The number of aromatic amines is 1. The number of carbonyl (C=O) groups excluding carboxylic acids is 2. The van der Waals surface area contributed by atoms with Crippen LogP contribution >= 0.6 is 0 Å². The molecule has 0 unspecified atom stereocenters. The Morgan fingerprint density at radius 3 is 2.71 bits per heavy atom. The minimum atomic E-state index is -0.891. The zero-order chi connectivity index (χ0) is 17.2. The first-order chi connectivity index (χ1) is 11.7. The normalized spacial score (nSPS) is 11.7. The fourth-order valence-corrected chi connectivity index (χ4v) is 1.87. The number of rotatable bonds is 9. The number of methoxy groups -OCH3 is 1. The van der Waals surface area contributed by atoms with Crippen molar-refractivity contribution in [2.45, 2.75) is 12.5 Å². The van der Waals surface area contributed by atoms with Gasteiger partial charge in [-0.1, -0.05) is 0 Å². The highest BCUT2D eigenvalue weighted by Crippen LogP contribution is 2.04. The van der Waals surface area contributed by atoms with Crippen molar-refractivity contribution in [1.29, 1.82) is 0 Å². The Kier molecular flexibility index (Phi) is 6.87. The number of aromatic nitrogens is 3. The molecule has 2 aromatic heterocycles. The number of nitrogens with one attached hydrogen (secondary N) is 2. The average Bonchev–Trinajstić information content (AvgIpc) is 3.12. The van der Waals surface area contributed by atoms with Crippen LogP contribution in [-0.4, -0.2) is 53.6 Å². The molecule has 1 amide bonds. The molecule has 2 rings (SSSR count). The number of ether oxygens (including phenoxy) is 3. The van der Waals surface area contributed by atoms with Crippen molar-refractivity contribution in [1.82, 2.24) is 20.3 Å². The molecule has 2 heterocycles. The number of pyridine rings is 1. The Bertz CT molecular complexity index is 633. The summed E-state index contributed by atoms with van der Waals surface area (Å²) in [5.74, 6) is -1.03. The molecule has 128 valence electrons. The molecule has 9 heteroatoms. The number of esters is 1. The predicted octanol–water partition coefficient (Wildman–Crippen LogP) is 0.267. The molecule has 0 saturated heterocycles. The largest absolute Gasteiger partial charge is 0.437 e. The zero-order valence-electron chi connectivity index (χ0n) is 13.1. The monoisotopic (exact) mass is 334 g/mol. The van der Waals surface area contributed by atoms with Crippen molar-refractivity contribution >= 4 is 11.9 Å². The molecule has 0 radical (unpaired) electrons. The van der Waals surface area contributed by atoms with Crippen molar-refractivity contribution in [3.8, 4) is 0 Å². The van der Waals surface area contributed by atoms with Crippen LogP contribution in [0.4, 0.5) is 0 Å². The lowest BCUT2D eigenvalue weighted by molar-refractivity contribution is -0.167. The van der Waals surface area contributed by atoms with E-state index in [0.717, 1.165) is 0 Å². The van der Waals surface area contributed by atoms with Gasteiger partial charge in [0.2, 0.25) is 0 Å². The van der Waals surface area contributed by atoms with Gasteiger partial charge in [-0.15, -0.1) is 0 Å². The maximum absolute atomic E-state index is 12.2. The van der Waals surface area contributed by atoms with Crippen molar-refractivity contribution in [2.24, 2.45) is 0 Å². The van der Waals surface area contributed by atoms with Crippen LogP contribution in [0, 0.1) is 0 Å². The third kappa shape index (κ3) is 5.45. The van der Waals surface area contributed by atoms with Crippen LogP contribution < -0.4 is 5.32 Å². The molecule has 0 aliphatic carbocycles. The summed E-state index contributed by atoms with van der Waals surface area (Å²) in [7, 11) is 1.46. The summed E-state index contributed by atoms with van der Waals surface area (Å²) in [6.07, 6.45) is 6.26. The smallest absolute Gasteiger partial charge is 0.331 e. The summed E-state index contributed by atoms with van der Waals surface area (Å²) in [5.41, 5.74) is 1.08. The maximum Gasteiger partial charge on any atom is 0.331 e. The molecule has 0 fully saturated rings. The van der Waals surface area contributed by atoms with E-state index < -0.39 is 17.9 Å². The molecule has 0 spiro atoms. The van der Waals surface area contributed by atoms with E-state index in [1.807, 2.05) is 0 Å². The standard InChI is InChI=1S/C15H18N4O5/c1-22-9-23-10-24-15(21)13(6-12-7-17-8-18-12)19-14(20)11-2-4-16-5-3-11/h2-5,7-8,13H,6,9-10H2,1H3,(H,17,18)(H,19,20)/t13-/m1/s1. The Labute approximate surface area is 138 Å². The van der Waals surface area contributed by atoms with E-state index in [1.165, 1.54) is 25.8 Å². The van der Waals surface area contributed by atoms with E-state index in [4.69, 9.17) is 9.47 Å². The van der Waals surface area contributed by atoms with Crippen LogP contribution in [-0.2, 0) is 25.4 Å². The number of carbonyl (C=O) groups is 2. The van der Waals surface area contributed by atoms with Crippen LogP contribution in [0.25, 0.3) is 0 Å². The number of hydrogen-bond donors (Lipinski definition) is 2.